The van der Waals surface area contributed by atoms with Crippen molar-refractivity contribution in [3.8, 4) is 0 Å². The molecule has 1 heterocycles. The van der Waals surface area contributed by atoms with Gasteiger partial charge >= 0.3 is 0 Å². The number of hydrogen-bond donors (Lipinski definition) is 1. The van der Waals surface area contributed by atoms with Gasteiger partial charge in [-0.2, -0.15) is 0 Å². The lowest BCUT2D eigenvalue weighted by Crippen LogP contribution is -2.25. The second-order valence-corrected chi connectivity index (χ2v) is 6.15. The number of rotatable bonds is 2. The highest BCUT2D eigenvalue weighted by Gasteiger charge is 2.22. The topological polar surface area (TPSA) is 29.3 Å². The lowest BCUT2D eigenvalue weighted by Gasteiger charge is -2.23. The van der Waals surface area contributed by atoms with Crippen molar-refractivity contribution in [3.63, 3.8) is 0 Å². The highest BCUT2D eigenvalue weighted by molar-refractivity contribution is 5.41. The zero-order valence-corrected chi connectivity index (χ0v) is 11.4. The number of hydrogen-bond acceptors (Lipinski definition) is 2. The Morgan fingerprint density at radius 1 is 1.28 bits per heavy atom. The summed E-state index contributed by atoms with van der Waals surface area (Å²) in [6.45, 7) is 7.69. The minimum absolute atomic E-state index is 0.232. The number of benzene rings is 1. The predicted octanol–water partition coefficient (Wildman–Crippen LogP) is 3.42. The Hall–Kier alpha value is -1.09. The molecule has 0 amide bonds. The largest absolute Gasteiger partial charge is 0.396 e. The molecule has 1 aromatic carbocycles. The van der Waals surface area contributed by atoms with Crippen LogP contribution in [0.15, 0.2) is 18.2 Å². The van der Waals surface area contributed by atoms with Gasteiger partial charge in [0, 0.05) is 6.54 Å². The van der Waals surface area contributed by atoms with E-state index in [1.54, 1.807) is 12.1 Å². The van der Waals surface area contributed by atoms with Crippen molar-refractivity contribution in [2.75, 3.05) is 18.8 Å². The summed E-state index contributed by atoms with van der Waals surface area (Å²) < 4.78 is 13.4. The molecule has 0 atom stereocenters. The SMILES string of the molecule is CC1(C)CCCN(Cc2ccc(N)c(F)c2)CC1. The molecule has 0 spiro atoms. The van der Waals surface area contributed by atoms with Gasteiger partial charge in [-0.15, -0.1) is 0 Å². The van der Waals surface area contributed by atoms with E-state index in [-0.39, 0.29) is 11.5 Å². The fraction of sp³-hybridized carbons (Fsp3) is 0.600. The number of nitrogen functional groups attached to an aromatic ring is 1. The normalized spacial score (nSPS) is 20.6. The van der Waals surface area contributed by atoms with Crippen molar-refractivity contribution in [2.45, 2.75) is 39.7 Å². The number of anilines is 1. The van der Waals surface area contributed by atoms with E-state index in [9.17, 15) is 4.39 Å². The van der Waals surface area contributed by atoms with Gasteiger partial charge in [0.25, 0.3) is 0 Å². The second kappa shape index (κ2) is 5.27. The monoisotopic (exact) mass is 250 g/mol. The maximum absolute atomic E-state index is 13.4. The third-order valence-corrected chi connectivity index (χ3v) is 3.90. The summed E-state index contributed by atoms with van der Waals surface area (Å²) in [7, 11) is 0. The average Bonchev–Trinajstić information content (AvgIpc) is 2.46. The van der Waals surface area contributed by atoms with Crippen molar-refractivity contribution >= 4 is 5.69 Å². The molecule has 18 heavy (non-hydrogen) atoms. The summed E-state index contributed by atoms with van der Waals surface area (Å²) in [5.74, 6) is -0.303. The number of nitrogens with two attached hydrogens (primary N) is 1. The fourth-order valence-corrected chi connectivity index (χ4v) is 2.56. The second-order valence-electron chi connectivity index (χ2n) is 6.15. The third-order valence-electron chi connectivity index (χ3n) is 3.90. The molecule has 2 rings (SSSR count). The van der Waals surface area contributed by atoms with Gasteiger partial charge in [0.1, 0.15) is 5.82 Å². The molecule has 2 nitrogen and oxygen atoms in total. The molecule has 1 aromatic rings. The fourth-order valence-electron chi connectivity index (χ4n) is 2.56. The number of nitrogens with zero attached hydrogens (tertiary/aromatic N) is 1. The number of halogens is 1. The molecule has 0 bridgehead atoms. The van der Waals surface area contributed by atoms with E-state index in [4.69, 9.17) is 5.73 Å². The molecule has 3 heteroatoms. The molecule has 1 fully saturated rings. The van der Waals surface area contributed by atoms with Crippen molar-refractivity contribution in [1.29, 1.82) is 0 Å². The van der Waals surface area contributed by atoms with E-state index in [1.165, 1.54) is 19.3 Å². The van der Waals surface area contributed by atoms with Crippen LogP contribution in [0, 0.1) is 11.2 Å². The zero-order valence-electron chi connectivity index (χ0n) is 11.4. The Labute approximate surface area is 109 Å². The van der Waals surface area contributed by atoms with Crippen LogP contribution in [0.1, 0.15) is 38.7 Å². The third kappa shape index (κ3) is 3.45. The van der Waals surface area contributed by atoms with Crippen LogP contribution >= 0.6 is 0 Å². The Balaban J connectivity index is 1.98. The maximum atomic E-state index is 13.4. The van der Waals surface area contributed by atoms with Gasteiger partial charge in [-0.25, -0.2) is 4.39 Å². The van der Waals surface area contributed by atoms with Crippen LogP contribution in [0.4, 0.5) is 10.1 Å². The van der Waals surface area contributed by atoms with Gasteiger partial charge in [-0.05, 0) is 55.5 Å². The van der Waals surface area contributed by atoms with Crippen molar-refractivity contribution in [3.05, 3.63) is 29.6 Å². The predicted molar refractivity (Wildman–Crippen MR) is 73.7 cm³/mol. The van der Waals surface area contributed by atoms with Crippen LogP contribution in [0.2, 0.25) is 0 Å². The summed E-state index contributed by atoms with van der Waals surface area (Å²) in [4.78, 5) is 2.42. The van der Waals surface area contributed by atoms with E-state index < -0.39 is 0 Å². The van der Waals surface area contributed by atoms with Crippen LogP contribution in [-0.4, -0.2) is 18.0 Å². The van der Waals surface area contributed by atoms with E-state index in [1.807, 2.05) is 6.07 Å². The smallest absolute Gasteiger partial charge is 0.146 e. The van der Waals surface area contributed by atoms with Crippen LogP contribution < -0.4 is 5.73 Å². The van der Waals surface area contributed by atoms with Crippen molar-refractivity contribution < 1.29 is 4.39 Å². The summed E-state index contributed by atoms with van der Waals surface area (Å²) in [5.41, 5.74) is 7.19. The van der Waals surface area contributed by atoms with Crippen LogP contribution in [0.25, 0.3) is 0 Å². The van der Waals surface area contributed by atoms with Gasteiger partial charge in [0.15, 0.2) is 0 Å². The first-order valence-corrected chi connectivity index (χ1v) is 6.73. The van der Waals surface area contributed by atoms with Gasteiger partial charge in [-0.3, -0.25) is 4.90 Å². The first-order chi connectivity index (χ1) is 8.46. The minimum Gasteiger partial charge on any atom is -0.396 e. The van der Waals surface area contributed by atoms with Crippen LogP contribution in [-0.2, 0) is 6.54 Å². The van der Waals surface area contributed by atoms with Gasteiger partial charge < -0.3 is 5.73 Å². The Bertz CT molecular complexity index is 415. The molecule has 2 N–H and O–H groups in total. The summed E-state index contributed by atoms with van der Waals surface area (Å²) in [6.07, 6.45) is 3.72. The van der Waals surface area contributed by atoms with Gasteiger partial charge in [-0.1, -0.05) is 19.9 Å². The standard InChI is InChI=1S/C15H23FN2/c1-15(2)6-3-8-18(9-7-15)11-12-4-5-14(17)13(16)10-12/h4-5,10H,3,6-9,11,17H2,1-2H3. The summed E-state index contributed by atoms with van der Waals surface area (Å²) in [5, 5.41) is 0. The molecule has 0 aliphatic carbocycles. The quantitative estimate of drug-likeness (QED) is 0.815. The summed E-state index contributed by atoms with van der Waals surface area (Å²) in [6, 6.07) is 5.15. The van der Waals surface area contributed by atoms with Gasteiger partial charge in [0.05, 0.1) is 5.69 Å². The van der Waals surface area contributed by atoms with E-state index in [2.05, 4.69) is 18.7 Å². The molecule has 0 saturated carbocycles. The molecular formula is C15H23FN2. The van der Waals surface area contributed by atoms with Crippen LogP contribution in [0.3, 0.4) is 0 Å². The number of likely N-dealkylation sites (tertiary alicyclic amines) is 1. The highest BCUT2D eigenvalue weighted by Crippen LogP contribution is 2.30. The molecule has 1 aliphatic rings. The molecule has 1 saturated heterocycles. The molecule has 100 valence electrons. The maximum Gasteiger partial charge on any atom is 0.146 e. The molecule has 0 unspecified atom stereocenters. The molecular weight excluding hydrogens is 227 g/mol. The first-order valence-electron chi connectivity index (χ1n) is 6.73. The Morgan fingerprint density at radius 2 is 2.06 bits per heavy atom. The van der Waals surface area contributed by atoms with Gasteiger partial charge in [0.2, 0.25) is 0 Å². The van der Waals surface area contributed by atoms with E-state index in [0.717, 1.165) is 25.2 Å². The van der Waals surface area contributed by atoms with E-state index >= 15 is 0 Å². The molecule has 0 radical (unpaired) electrons. The van der Waals surface area contributed by atoms with E-state index in [0.29, 0.717) is 5.41 Å². The lowest BCUT2D eigenvalue weighted by atomic mass is 9.85. The van der Waals surface area contributed by atoms with Crippen molar-refractivity contribution in [1.82, 2.24) is 4.90 Å². The molecule has 1 aliphatic heterocycles. The summed E-state index contributed by atoms with van der Waals surface area (Å²) >= 11 is 0. The van der Waals surface area contributed by atoms with Crippen molar-refractivity contribution in [2.24, 2.45) is 5.41 Å². The lowest BCUT2D eigenvalue weighted by molar-refractivity contribution is 0.255. The first kappa shape index (κ1) is 13.3. The Morgan fingerprint density at radius 3 is 2.78 bits per heavy atom. The zero-order chi connectivity index (χ0) is 13.2. The average molecular weight is 250 g/mol. The minimum atomic E-state index is -0.303. The Kier molecular flexibility index (Phi) is 3.91. The molecule has 0 aromatic heterocycles. The van der Waals surface area contributed by atoms with Crippen LogP contribution in [0.5, 0.6) is 0 Å². The highest BCUT2D eigenvalue weighted by atomic mass is 19.1.